The molecule has 5 heteroatoms. The number of methoxy groups -OCH3 is 1. The van der Waals surface area contributed by atoms with Crippen molar-refractivity contribution in [3.05, 3.63) is 45.9 Å². The summed E-state index contributed by atoms with van der Waals surface area (Å²) in [5, 5.41) is 11.5. The number of benzene rings is 1. The Morgan fingerprint density at radius 2 is 2.05 bits per heavy atom. The number of aromatic nitrogens is 1. The Bertz CT molecular complexity index is 614. The normalized spacial score (nSPS) is 16.1. The Balaban J connectivity index is 1.95. The van der Waals surface area contributed by atoms with Gasteiger partial charge >= 0.3 is 5.97 Å². The van der Waals surface area contributed by atoms with Crippen LogP contribution >= 0.6 is 11.3 Å². The van der Waals surface area contributed by atoms with Crippen LogP contribution < -0.4 is 4.74 Å². The molecular formula is C14H13NO3S. The third-order valence-corrected chi connectivity index (χ3v) is 4.57. The Morgan fingerprint density at radius 1 is 1.37 bits per heavy atom. The highest BCUT2D eigenvalue weighted by Crippen LogP contribution is 2.54. The smallest absolute Gasteiger partial charge is 0.355 e. The van der Waals surface area contributed by atoms with Gasteiger partial charge in [-0.3, -0.25) is 0 Å². The molecule has 0 atom stereocenters. The standard InChI is InChI=1S/C14H13NO3S/c1-18-10-4-2-9(3-5-10)14(6-7-14)13-15-11(8-19-13)12(16)17/h2-5,8H,6-7H2,1H3,(H,16,17). The lowest BCUT2D eigenvalue weighted by Crippen LogP contribution is -2.09. The van der Waals surface area contributed by atoms with Crippen molar-refractivity contribution in [2.24, 2.45) is 0 Å². The van der Waals surface area contributed by atoms with Gasteiger partial charge in [0.15, 0.2) is 5.69 Å². The maximum Gasteiger partial charge on any atom is 0.355 e. The van der Waals surface area contributed by atoms with Gasteiger partial charge in [-0.15, -0.1) is 11.3 Å². The highest BCUT2D eigenvalue weighted by atomic mass is 32.1. The summed E-state index contributed by atoms with van der Waals surface area (Å²) in [5.41, 5.74) is 1.24. The van der Waals surface area contributed by atoms with Crippen molar-refractivity contribution in [3.8, 4) is 5.75 Å². The van der Waals surface area contributed by atoms with Gasteiger partial charge < -0.3 is 9.84 Å². The van der Waals surface area contributed by atoms with Crippen molar-refractivity contribution in [1.82, 2.24) is 4.98 Å². The van der Waals surface area contributed by atoms with Crippen LogP contribution in [0.2, 0.25) is 0 Å². The van der Waals surface area contributed by atoms with Crippen LogP contribution in [0.5, 0.6) is 5.75 Å². The van der Waals surface area contributed by atoms with Crippen molar-refractivity contribution in [2.45, 2.75) is 18.3 Å². The van der Waals surface area contributed by atoms with E-state index in [0.717, 1.165) is 23.6 Å². The van der Waals surface area contributed by atoms with Gasteiger partial charge in [0.25, 0.3) is 0 Å². The van der Waals surface area contributed by atoms with Crippen LogP contribution in [-0.4, -0.2) is 23.2 Å². The fraction of sp³-hybridized carbons (Fsp3) is 0.286. The molecular weight excluding hydrogens is 262 g/mol. The molecule has 0 spiro atoms. The van der Waals surface area contributed by atoms with Crippen LogP contribution in [0.4, 0.5) is 0 Å². The van der Waals surface area contributed by atoms with Crippen molar-refractivity contribution >= 4 is 17.3 Å². The van der Waals surface area contributed by atoms with Crippen molar-refractivity contribution < 1.29 is 14.6 Å². The van der Waals surface area contributed by atoms with E-state index in [9.17, 15) is 4.79 Å². The molecule has 0 aliphatic heterocycles. The van der Waals surface area contributed by atoms with Crippen LogP contribution in [0, 0.1) is 0 Å². The third-order valence-electron chi connectivity index (χ3n) is 3.53. The summed E-state index contributed by atoms with van der Waals surface area (Å²) in [7, 11) is 1.64. The first-order chi connectivity index (χ1) is 9.15. The second kappa shape index (κ2) is 4.35. The molecule has 1 aromatic heterocycles. The molecule has 1 saturated carbocycles. The van der Waals surface area contributed by atoms with E-state index >= 15 is 0 Å². The molecule has 1 fully saturated rings. The molecule has 2 aromatic rings. The second-order valence-electron chi connectivity index (χ2n) is 4.65. The first-order valence-electron chi connectivity index (χ1n) is 5.99. The zero-order valence-electron chi connectivity index (χ0n) is 10.4. The highest BCUT2D eigenvalue weighted by Gasteiger charge is 2.48. The number of carboxylic acid groups (broad SMARTS) is 1. The zero-order chi connectivity index (χ0) is 13.5. The molecule has 0 bridgehead atoms. The quantitative estimate of drug-likeness (QED) is 0.932. The average molecular weight is 275 g/mol. The average Bonchev–Trinajstić information content (AvgIpc) is 3.08. The Morgan fingerprint density at radius 3 is 2.53 bits per heavy atom. The first kappa shape index (κ1) is 12.2. The van der Waals surface area contributed by atoms with Crippen molar-refractivity contribution in [3.63, 3.8) is 0 Å². The van der Waals surface area contributed by atoms with Gasteiger partial charge in [-0.05, 0) is 30.5 Å². The molecule has 1 N–H and O–H groups in total. The lowest BCUT2D eigenvalue weighted by molar-refractivity contribution is 0.0691. The van der Waals surface area contributed by atoms with E-state index in [1.54, 1.807) is 12.5 Å². The molecule has 0 radical (unpaired) electrons. The summed E-state index contributed by atoms with van der Waals surface area (Å²) in [5.74, 6) is -0.141. The minimum Gasteiger partial charge on any atom is -0.497 e. The van der Waals surface area contributed by atoms with E-state index in [-0.39, 0.29) is 11.1 Å². The van der Waals surface area contributed by atoms with Crippen LogP contribution in [-0.2, 0) is 5.41 Å². The lowest BCUT2D eigenvalue weighted by Gasteiger charge is -2.13. The van der Waals surface area contributed by atoms with E-state index in [2.05, 4.69) is 4.98 Å². The van der Waals surface area contributed by atoms with E-state index in [0.29, 0.717) is 0 Å². The Labute approximate surface area is 114 Å². The molecule has 0 saturated heterocycles. The van der Waals surface area contributed by atoms with Crippen LogP contribution in [0.25, 0.3) is 0 Å². The Kier molecular flexibility index (Phi) is 2.78. The highest BCUT2D eigenvalue weighted by molar-refractivity contribution is 7.10. The predicted octanol–water partition coefficient (Wildman–Crippen LogP) is 2.93. The lowest BCUT2D eigenvalue weighted by atomic mass is 9.97. The van der Waals surface area contributed by atoms with E-state index < -0.39 is 5.97 Å². The fourth-order valence-electron chi connectivity index (χ4n) is 2.25. The van der Waals surface area contributed by atoms with Crippen LogP contribution in [0.15, 0.2) is 29.6 Å². The molecule has 0 unspecified atom stereocenters. The molecule has 1 aliphatic carbocycles. The first-order valence-corrected chi connectivity index (χ1v) is 6.87. The minimum absolute atomic E-state index is 0.0787. The van der Waals surface area contributed by atoms with Crippen molar-refractivity contribution in [2.75, 3.05) is 7.11 Å². The van der Waals surface area contributed by atoms with Gasteiger partial charge in [-0.1, -0.05) is 12.1 Å². The summed E-state index contributed by atoms with van der Waals surface area (Å²) in [6, 6.07) is 7.93. The number of hydrogen-bond acceptors (Lipinski definition) is 4. The molecule has 19 heavy (non-hydrogen) atoms. The van der Waals surface area contributed by atoms with Gasteiger partial charge in [0.05, 0.1) is 7.11 Å². The van der Waals surface area contributed by atoms with Crippen LogP contribution in [0.1, 0.15) is 33.9 Å². The fourth-order valence-corrected chi connectivity index (χ4v) is 3.33. The molecule has 3 rings (SSSR count). The number of carboxylic acids is 1. The largest absolute Gasteiger partial charge is 0.497 e. The molecule has 1 aromatic carbocycles. The molecule has 4 nitrogen and oxygen atoms in total. The number of hydrogen-bond donors (Lipinski definition) is 1. The van der Waals surface area contributed by atoms with Crippen LogP contribution in [0.3, 0.4) is 0 Å². The minimum atomic E-state index is -0.965. The Hall–Kier alpha value is -1.88. The summed E-state index contributed by atoms with van der Waals surface area (Å²) >= 11 is 1.43. The maximum atomic E-state index is 10.9. The molecule has 1 heterocycles. The summed E-state index contributed by atoms with van der Waals surface area (Å²) in [6.07, 6.45) is 2.04. The third kappa shape index (κ3) is 2.00. The van der Waals surface area contributed by atoms with E-state index in [1.807, 2.05) is 24.3 Å². The molecule has 98 valence electrons. The monoisotopic (exact) mass is 275 g/mol. The van der Waals surface area contributed by atoms with E-state index in [4.69, 9.17) is 9.84 Å². The predicted molar refractivity (Wildman–Crippen MR) is 72.1 cm³/mol. The zero-order valence-corrected chi connectivity index (χ0v) is 11.2. The number of aromatic carboxylic acids is 1. The summed E-state index contributed by atoms with van der Waals surface area (Å²) < 4.78 is 5.15. The number of thiazole rings is 1. The molecule has 0 amide bonds. The summed E-state index contributed by atoms with van der Waals surface area (Å²) in [6.45, 7) is 0. The van der Waals surface area contributed by atoms with Gasteiger partial charge in [0.1, 0.15) is 10.8 Å². The van der Waals surface area contributed by atoms with Gasteiger partial charge in [-0.25, -0.2) is 9.78 Å². The number of carbonyl (C=O) groups is 1. The SMILES string of the molecule is COc1ccc(C2(c3nc(C(=O)O)cs3)CC2)cc1. The van der Waals surface area contributed by atoms with E-state index in [1.165, 1.54) is 16.9 Å². The number of ether oxygens (including phenoxy) is 1. The van der Waals surface area contributed by atoms with Crippen molar-refractivity contribution in [1.29, 1.82) is 0 Å². The van der Waals surface area contributed by atoms with Gasteiger partial charge in [0, 0.05) is 10.8 Å². The maximum absolute atomic E-state index is 10.9. The number of nitrogens with zero attached hydrogens (tertiary/aromatic N) is 1. The second-order valence-corrected chi connectivity index (χ2v) is 5.51. The summed E-state index contributed by atoms with van der Waals surface area (Å²) in [4.78, 5) is 15.2. The number of rotatable bonds is 4. The van der Waals surface area contributed by atoms with Gasteiger partial charge in [0.2, 0.25) is 0 Å². The topological polar surface area (TPSA) is 59.4 Å². The molecule has 1 aliphatic rings. The van der Waals surface area contributed by atoms with Gasteiger partial charge in [-0.2, -0.15) is 0 Å².